The standard InChI is InChI=1S/C23H17F3N2O3S/c1-13-17(14-6-8-15(9-7-14)31-23(24,25)26)4-3-5-18(13)21(29)28-22-27-19-12-16(30-2)10-11-20(19)32-22/h3-12H,1-2H3,(H,27,28,29). The predicted octanol–water partition coefficient (Wildman–Crippen LogP) is 6.43. The number of alkyl halides is 3. The molecule has 0 aliphatic heterocycles. The van der Waals surface area contributed by atoms with Crippen LogP contribution in [0.25, 0.3) is 21.3 Å². The van der Waals surface area contributed by atoms with Crippen molar-refractivity contribution in [3.8, 4) is 22.6 Å². The number of ether oxygens (including phenoxy) is 2. The summed E-state index contributed by atoms with van der Waals surface area (Å²) in [5, 5.41) is 3.28. The van der Waals surface area contributed by atoms with Gasteiger partial charge in [-0.15, -0.1) is 13.2 Å². The van der Waals surface area contributed by atoms with Crippen molar-refractivity contribution in [2.24, 2.45) is 0 Å². The van der Waals surface area contributed by atoms with E-state index in [-0.39, 0.29) is 11.7 Å². The van der Waals surface area contributed by atoms with E-state index < -0.39 is 6.36 Å². The molecule has 1 N–H and O–H groups in total. The van der Waals surface area contributed by atoms with Crippen molar-refractivity contribution in [1.82, 2.24) is 4.98 Å². The number of hydrogen-bond donors (Lipinski definition) is 1. The smallest absolute Gasteiger partial charge is 0.497 e. The van der Waals surface area contributed by atoms with Gasteiger partial charge in [0.1, 0.15) is 11.5 Å². The number of hydrogen-bond acceptors (Lipinski definition) is 5. The molecule has 4 aromatic rings. The number of carbonyl (C=O) groups excluding carboxylic acids is 1. The lowest BCUT2D eigenvalue weighted by Gasteiger charge is -2.12. The highest BCUT2D eigenvalue weighted by Crippen LogP contribution is 2.31. The number of benzene rings is 3. The van der Waals surface area contributed by atoms with E-state index in [9.17, 15) is 18.0 Å². The van der Waals surface area contributed by atoms with Gasteiger partial charge in [-0.05, 0) is 53.9 Å². The van der Waals surface area contributed by atoms with Gasteiger partial charge >= 0.3 is 6.36 Å². The van der Waals surface area contributed by atoms with Crippen LogP contribution in [-0.4, -0.2) is 24.4 Å². The minimum absolute atomic E-state index is 0.305. The fraction of sp³-hybridized carbons (Fsp3) is 0.130. The highest BCUT2D eigenvalue weighted by Gasteiger charge is 2.31. The molecule has 3 aromatic carbocycles. The molecule has 0 atom stereocenters. The van der Waals surface area contributed by atoms with Crippen molar-refractivity contribution in [2.75, 3.05) is 12.4 Å². The SMILES string of the molecule is COc1ccc2sc(NC(=O)c3cccc(-c4ccc(OC(F)(F)F)cc4)c3C)nc2c1. The number of fused-ring (bicyclic) bond motifs is 1. The van der Waals surface area contributed by atoms with Crippen LogP contribution in [0.1, 0.15) is 15.9 Å². The summed E-state index contributed by atoms with van der Waals surface area (Å²) < 4.78 is 47.2. The number of nitrogens with one attached hydrogen (secondary N) is 1. The zero-order valence-electron chi connectivity index (χ0n) is 17.0. The molecule has 0 saturated heterocycles. The van der Waals surface area contributed by atoms with E-state index in [1.54, 1.807) is 38.3 Å². The van der Waals surface area contributed by atoms with Crippen LogP contribution in [0.5, 0.6) is 11.5 Å². The summed E-state index contributed by atoms with van der Waals surface area (Å²) in [5.41, 5.74) is 3.24. The number of nitrogens with zero attached hydrogens (tertiary/aromatic N) is 1. The molecule has 0 aliphatic carbocycles. The van der Waals surface area contributed by atoms with Crippen molar-refractivity contribution in [2.45, 2.75) is 13.3 Å². The maximum absolute atomic E-state index is 12.9. The maximum atomic E-state index is 12.9. The van der Waals surface area contributed by atoms with Gasteiger partial charge in [0, 0.05) is 11.6 Å². The Labute approximate surface area is 185 Å². The summed E-state index contributed by atoms with van der Waals surface area (Å²) in [4.78, 5) is 17.4. The normalized spacial score (nSPS) is 11.4. The maximum Gasteiger partial charge on any atom is 0.573 e. The van der Waals surface area contributed by atoms with Crippen molar-refractivity contribution in [3.63, 3.8) is 0 Å². The molecule has 0 unspecified atom stereocenters. The lowest BCUT2D eigenvalue weighted by molar-refractivity contribution is -0.274. The third-order valence-corrected chi connectivity index (χ3v) is 5.74. The molecule has 1 aromatic heterocycles. The third kappa shape index (κ3) is 4.67. The van der Waals surface area contributed by atoms with Gasteiger partial charge in [-0.1, -0.05) is 35.6 Å². The van der Waals surface area contributed by atoms with Gasteiger partial charge in [0.15, 0.2) is 5.13 Å². The van der Waals surface area contributed by atoms with Gasteiger partial charge in [0.2, 0.25) is 0 Å². The first-order valence-corrected chi connectivity index (χ1v) is 10.3. The molecular formula is C23H17F3N2O3S. The van der Waals surface area contributed by atoms with Crippen molar-refractivity contribution >= 4 is 32.6 Å². The second-order valence-electron chi connectivity index (χ2n) is 6.86. The number of aromatic nitrogens is 1. The van der Waals surface area contributed by atoms with E-state index in [4.69, 9.17) is 4.74 Å². The minimum Gasteiger partial charge on any atom is -0.497 e. The number of carbonyl (C=O) groups is 1. The monoisotopic (exact) mass is 458 g/mol. The first kappa shape index (κ1) is 21.6. The Kier molecular flexibility index (Phi) is 5.75. The third-order valence-electron chi connectivity index (χ3n) is 4.79. The predicted molar refractivity (Wildman–Crippen MR) is 117 cm³/mol. The first-order chi connectivity index (χ1) is 15.2. The summed E-state index contributed by atoms with van der Waals surface area (Å²) in [5.74, 6) is 0.0449. The Hall–Kier alpha value is -3.59. The molecular weight excluding hydrogens is 441 g/mol. The zero-order valence-corrected chi connectivity index (χ0v) is 17.8. The van der Waals surface area contributed by atoms with Crippen LogP contribution in [0, 0.1) is 6.92 Å². The molecule has 0 saturated carbocycles. The fourth-order valence-electron chi connectivity index (χ4n) is 3.28. The van der Waals surface area contributed by atoms with Gasteiger partial charge in [-0.25, -0.2) is 4.98 Å². The second kappa shape index (κ2) is 8.51. The number of rotatable bonds is 5. The molecule has 32 heavy (non-hydrogen) atoms. The van der Waals surface area contributed by atoms with E-state index >= 15 is 0 Å². The largest absolute Gasteiger partial charge is 0.573 e. The van der Waals surface area contributed by atoms with Crippen LogP contribution < -0.4 is 14.8 Å². The second-order valence-corrected chi connectivity index (χ2v) is 7.89. The molecule has 0 radical (unpaired) electrons. The summed E-state index contributed by atoms with van der Waals surface area (Å²) >= 11 is 1.35. The number of halogens is 3. The number of amides is 1. The summed E-state index contributed by atoms with van der Waals surface area (Å²) in [7, 11) is 1.57. The molecule has 4 rings (SSSR count). The van der Waals surface area contributed by atoms with Crippen LogP contribution in [0.4, 0.5) is 18.3 Å². The van der Waals surface area contributed by atoms with Gasteiger partial charge in [-0.3, -0.25) is 10.1 Å². The van der Waals surface area contributed by atoms with Gasteiger partial charge < -0.3 is 9.47 Å². The topological polar surface area (TPSA) is 60.5 Å². The van der Waals surface area contributed by atoms with E-state index in [0.717, 1.165) is 15.8 Å². The van der Waals surface area contributed by atoms with Crippen molar-refractivity contribution in [3.05, 3.63) is 71.8 Å². The van der Waals surface area contributed by atoms with E-state index in [2.05, 4.69) is 15.0 Å². The molecule has 9 heteroatoms. The number of anilines is 1. The van der Waals surface area contributed by atoms with E-state index in [1.807, 2.05) is 12.1 Å². The Morgan fingerprint density at radius 2 is 1.75 bits per heavy atom. The minimum atomic E-state index is -4.75. The van der Waals surface area contributed by atoms with Gasteiger partial charge in [-0.2, -0.15) is 0 Å². The Morgan fingerprint density at radius 1 is 1.03 bits per heavy atom. The van der Waals surface area contributed by atoms with E-state index in [0.29, 0.717) is 27.6 Å². The zero-order chi connectivity index (χ0) is 22.9. The summed E-state index contributed by atoms with van der Waals surface area (Å²) in [6.45, 7) is 1.79. The number of thiazole rings is 1. The van der Waals surface area contributed by atoms with Crippen LogP contribution in [0.2, 0.25) is 0 Å². The van der Waals surface area contributed by atoms with Crippen LogP contribution in [0.3, 0.4) is 0 Å². The quantitative estimate of drug-likeness (QED) is 0.374. The average Bonchev–Trinajstić information content (AvgIpc) is 3.14. The van der Waals surface area contributed by atoms with E-state index in [1.165, 1.54) is 35.6 Å². The molecule has 1 heterocycles. The lowest BCUT2D eigenvalue weighted by Crippen LogP contribution is -2.17. The molecule has 0 spiro atoms. The molecule has 1 amide bonds. The van der Waals surface area contributed by atoms with Crippen LogP contribution in [-0.2, 0) is 0 Å². The Bertz CT molecular complexity index is 1280. The first-order valence-electron chi connectivity index (χ1n) is 9.45. The number of methoxy groups -OCH3 is 1. The van der Waals surface area contributed by atoms with Crippen LogP contribution in [0.15, 0.2) is 60.7 Å². The average molecular weight is 458 g/mol. The van der Waals surface area contributed by atoms with Crippen molar-refractivity contribution in [1.29, 1.82) is 0 Å². The molecule has 5 nitrogen and oxygen atoms in total. The Morgan fingerprint density at radius 3 is 2.44 bits per heavy atom. The molecule has 0 aliphatic rings. The highest BCUT2D eigenvalue weighted by atomic mass is 32.1. The van der Waals surface area contributed by atoms with Crippen molar-refractivity contribution < 1.29 is 27.4 Å². The molecule has 164 valence electrons. The van der Waals surface area contributed by atoms with Gasteiger partial charge in [0.05, 0.1) is 17.3 Å². The lowest BCUT2D eigenvalue weighted by atomic mass is 9.96. The molecule has 0 fully saturated rings. The summed E-state index contributed by atoms with van der Waals surface area (Å²) in [6, 6.07) is 16.2. The Balaban J connectivity index is 1.57. The summed E-state index contributed by atoms with van der Waals surface area (Å²) in [6.07, 6.45) is -4.75. The molecule has 0 bridgehead atoms. The van der Waals surface area contributed by atoms with Crippen LogP contribution >= 0.6 is 11.3 Å². The highest BCUT2D eigenvalue weighted by molar-refractivity contribution is 7.22. The van der Waals surface area contributed by atoms with Gasteiger partial charge in [0.25, 0.3) is 5.91 Å². The fourth-order valence-corrected chi connectivity index (χ4v) is 4.12.